The van der Waals surface area contributed by atoms with Crippen LogP contribution in [0.5, 0.6) is 0 Å². The van der Waals surface area contributed by atoms with E-state index in [2.05, 4.69) is 5.32 Å². The third kappa shape index (κ3) is 4.03. The van der Waals surface area contributed by atoms with Gasteiger partial charge in [-0.3, -0.25) is 9.59 Å². The molecule has 4 N–H and O–H groups in total. The molecular weight excluding hydrogens is 261 g/mol. The third-order valence-electron chi connectivity index (χ3n) is 3.54. The molecule has 1 aliphatic rings. The van der Waals surface area contributed by atoms with Crippen LogP contribution in [0.3, 0.4) is 0 Å². The number of carbonyl (C=O) groups excluding carboxylic acids is 2. The van der Waals surface area contributed by atoms with Crippen LogP contribution >= 0.6 is 0 Å². The number of nitrogens with one attached hydrogen (secondary N) is 2. The van der Waals surface area contributed by atoms with Gasteiger partial charge in [-0.1, -0.05) is 6.07 Å². The first-order valence-electron chi connectivity index (χ1n) is 6.73. The second-order valence-corrected chi connectivity index (χ2v) is 5.18. The predicted octanol–water partition coefficient (Wildman–Crippen LogP) is -0.456. The quantitative estimate of drug-likeness (QED) is 0.698. The maximum absolute atomic E-state index is 13.0. The summed E-state index contributed by atoms with van der Waals surface area (Å²) in [6.07, 6.45) is 1.68. The van der Waals surface area contributed by atoms with Gasteiger partial charge in [-0.15, -0.1) is 0 Å². The fourth-order valence-corrected chi connectivity index (χ4v) is 2.55. The average Bonchev–Trinajstić information content (AvgIpc) is 2.38. The number of piperidine rings is 1. The first-order valence-corrected chi connectivity index (χ1v) is 6.73. The van der Waals surface area contributed by atoms with Crippen molar-refractivity contribution in [2.45, 2.75) is 12.8 Å². The Labute approximate surface area is 116 Å². The standard InChI is InChI=1S/C14H18FN3O2/c15-11-4-1-5-12(7-11)17-13(19)9-18-6-2-3-10(8-18)14(16)20/h1,4-5,7,10H,2-3,6,8-9H2,(H2,16,20)(H,17,19)/p+1/t10-/m1/s1. The number of amides is 2. The van der Waals surface area contributed by atoms with E-state index in [-0.39, 0.29) is 30.1 Å². The second kappa shape index (κ2) is 6.47. The molecule has 0 saturated carbocycles. The largest absolute Gasteiger partial charge is 0.369 e. The summed E-state index contributed by atoms with van der Waals surface area (Å²) in [6, 6.07) is 5.78. The Morgan fingerprint density at radius 1 is 1.45 bits per heavy atom. The molecule has 0 aliphatic carbocycles. The highest BCUT2D eigenvalue weighted by molar-refractivity contribution is 5.91. The van der Waals surface area contributed by atoms with Gasteiger partial charge in [0.15, 0.2) is 6.54 Å². The first-order chi connectivity index (χ1) is 9.54. The van der Waals surface area contributed by atoms with Crippen LogP contribution in [0.4, 0.5) is 10.1 Å². The number of primary amides is 1. The highest BCUT2D eigenvalue weighted by atomic mass is 19.1. The Balaban J connectivity index is 1.86. The fourth-order valence-electron chi connectivity index (χ4n) is 2.55. The minimum atomic E-state index is -0.387. The molecule has 6 heteroatoms. The van der Waals surface area contributed by atoms with Crippen LogP contribution in [0.1, 0.15) is 12.8 Å². The van der Waals surface area contributed by atoms with Crippen molar-refractivity contribution in [3.8, 4) is 0 Å². The summed E-state index contributed by atoms with van der Waals surface area (Å²) in [4.78, 5) is 24.1. The zero-order valence-electron chi connectivity index (χ0n) is 11.2. The molecule has 2 rings (SSSR count). The summed E-state index contributed by atoms with van der Waals surface area (Å²) >= 11 is 0. The van der Waals surface area contributed by atoms with Crippen LogP contribution in [0.15, 0.2) is 24.3 Å². The molecule has 1 saturated heterocycles. The Bertz CT molecular complexity index is 507. The normalized spacial score (nSPS) is 22.2. The van der Waals surface area contributed by atoms with E-state index in [0.29, 0.717) is 12.2 Å². The summed E-state index contributed by atoms with van der Waals surface area (Å²) < 4.78 is 13.0. The first kappa shape index (κ1) is 14.5. The maximum Gasteiger partial charge on any atom is 0.279 e. The Kier molecular flexibility index (Phi) is 4.68. The molecule has 2 amide bonds. The van der Waals surface area contributed by atoms with Gasteiger partial charge in [0.05, 0.1) is 19.0 Å². The van der Waals surface area contributed by atoms with Crippen LogP contribution in [0.25, 0.3) is 0 Å². The number of rotatable bonds is 4. The van der Waals surface area contributed by atoms with Crippen LogP contribution in [-0.4, -0.2) is 31.4 Å². The fraction of sp³-hybridized carbons (Fsp3) is 0.429. The van der Waals surface area contributed by atoms with Gasteiger partial charge in [0.1, 0.15) is 5.82 Å². The van der Waals surface area contributed by atoms with E-state index < -0.39 is 0 Å². The molecule has 0 radical (unpaired) electrons. The van der Waals surface area contributed by atoms with Crippen molar-refractivity contribution in [3.05, 3.63) is 30.1 Å². The molecule has 1 aromatic rings. The van der Waals surface area contributed by atoms with Crippen molar-refractivity contribution < 1.29 is 18.9 Å². The Morgan fingerprint density at radius 3 is 2.95 bits per heavy atom. The number of halogens is 1. The molecule has 2 atom stereocenters. The van der Waals surface area contributed by atoms with E-state index in [0.717, 1.165) is 24.3 Å². The van der Waals surface area contributed by atoms with Crippen LogP contribution in [0.2, 0.25) is 0 Å². The van der Waals surface area contributed by atoms with E-state index in [4.69, 9.17) is 5.73 Å². The molecule has 1 heterocycles. The van der Waals surface area contributed by atoms with Gasteiger partial charge in [-0.2, -0.15) is 0 Å². The van der Waals surface area contributed by atoms with Crippen LogP contribution in [-0.2, 0) is 9.59 Å². The highest BCUT2D eigenvalue weighted by Crippen LogP contribution is 2.09. The minimum Gasteiger partial charge on any atom is -0.369 e. The SMILES string of the molecule is NC(=O)[C@@H]1CCC[NH+](CC(=O)Nc2cccc(F)c2)C1. The molecule has 0 aromatic heterocycles. The molecule has 0 spiro atoms. The van der Waals surface area contributed by atoms with Gasteiger partial charge in [0, 0.05) is 5.69 Å². The maximum atomic E-state index is 13.0. The highest BCUT2D eigenvalue weighted by Gasteiger charge is 2.28. The van der Waals surface area contributed by atoms with Gasteiger partial charge in [0.25, 0.3) is 5.91 Å². The van der Waals surface area contributed by atoms with Crippen molar-refractivity contribution >= 4 is 17.5 Å². The average molecular weight is 280 g/mol. The van der Waals surface area contributed by atoms with Gasteiger partial charge in [-0.25, -0.2) is 4.39 Å². The number of hydrogen-bond donors (Lipinski definition) is 3. The second-order valence-electron chi connectivity index (χ2n) is 5.18. The number of hydrogen-bond acceptors (Lipinski definition) is 2. The topological polar surface area (TPSA) is 76.6 Å². The van der Waals surface area contributed by atoms with E-state index in [1.165, 1.54) is 12.1 Å². The predicted molar refractivity (Wildman–Crippen MR) is 72.5 cm³/mol. The summed E-state index contributed by atoms with van der Waals surface area (Å²) in [5.41, 5.74) is 5.75. The molecule has 1 aromatic carbocycles. The lowest BCUT2D eigenvalue weighted by molar-refractivity contribution is -0.899. The van der Waals surface area contributed by atoms with Crippen molar-refractivity contribution in [2.24, 2.45) is 11.7 Å². The number of carbonyl (C=O) groups is 2. The molecule has 1 aliphatic heterocycles. The lowest BCUT2D eigenvalue weighted by atomic mass is 9.97. The Morgan fingerprint density at radius 2 is 2.25 bits per heavy atom. The number of likely N-dealkylation sites (tertiary alicyclic amines) is 1. The number of anilines is 1. The van der Waals surface area contributed by atoms with E-state index in [1.807, 2.05) is 0 Å². The summed E-state index contributed by atoms with van der Waals surface area (Å²) in [5, 5.41) is 2.66. The molecule has 1 fully saturated rings. The lowest BCUT2D eigenvalue weighted by Gasteiger charge is -2.27. The molecule has 20 heavy (non-hydrogen) atoms. The van der Waals surface area contributed by atoms with Gasteiger partial charge < -0.3 is 16.0 Å². The summed E-state index contributed by atoms with van der Waals surface area (Å²) in [7, 11) is 0. The molecule has 1 unspecified atom stereocenters. The van der Waals surface area contributed by atoms with Gasteiger partial charge in [0.2, 0.25) is 5.91 Å². The summed E-state index contributed by atoms with van der Waals surface area (Å²) in [5.74, 6) is -1.02. The monoisotopic (exact) mass is 280 g/mol. The van der Waals surface area contributed by atoms with Gasteiger partial charge >= 0.3 is 0 Å². The molecule has 108 valence electrons. The molecule has 0 bridgehead atoms. The van der Waals surface area contributed by atoms with E-state index >= 15 is 0 Å². The number of nitrogens with two attached hydrogens (primary N) is 1. The smallest absolute Gasteiger partial charge is 0.279 e. The van der Waals surface area contributed by atoms with Crippen molar-refractivity contribution in [1.29, 1.82) is 0 Å². The third-order valence-corrected chi connectivity index (χ3v) is 3.54. The lowest BCUT2D eigenvalue weighted by Crippen LogP contribution is -3.14. The van der Waals surface area contributed by atoms with Crippen molar-refractivity contribution in [1.82, 2.24) is 0 Å². The minimum absolute atomic E-state index is 0.152. The van der Waals surface area contributed by atoms with E-state index in [1.54, 1.807) is 12.1 Å². The van der Waals surface area contributed by atoms with Gasteiger partial charge in [-0.05, 0) is 31.0 Å². The van der Waals surface area contributed by atoms with Crippen molar-refractivity contribution in [2.75, 3.05) is 25.0 Å². The number of benzene rings is 1. The zero-order chi connectivity index (χ0) is 14.5. The summed E-state index contributed by atoms with van der Waals surface area (Å²) in [6.45, 7) is 1.70. The Hall–Kier alpha value is -1.95. The van der Waals surface area contributed by atoms with E-state index in [9.17, 15) is 14.0 Å². The van der Waals surface area contributed by atoms with Crippen molar-refractivity contribution in [3.63, 3.8) is 0 Å². The zero-order valence-corrected chi connectivity index (χ0v) is 11.2. The molecule has 5 nitrogen and oxygen atoms in total. The number of quaternary nitrogens is 1. The van der Waals surface area contributed by atoms with Crippen LogP contribution < -0.4 is 16.0 Å². The van der Waals surface area contributed by atoms with Crippen LogP contribution in [0, 0.1) is 11.7 Å². The molecular formula is C14H19FN3O2+.